The second-order valence-electron chi connectivity index (χ2n) is 6.47. The number of nitrogens with one attached hydrogen (secondary N) is 2. The fourth-order valence-corrected chi connectivity index (χ4v) is 3.15. The van der Waals surface area contributed by atoms with Crippen LogP contribution in [0.15, 0.2) is 24.3 Å². The average Bonchev–Trinajstić information content (AvgIpc) is 2.59. The smallest absolute Gasteiger partial charge is 0.224 e. The highest BCUT2D eigenvalue weighted by atomic mass is 16.2. The summed E-state index contributed by atoms with van der Waals surface area (Å²) in [5.41, 5.74) is 1.79. The van der Waals surface area contributed by atoms with Crippen molar-refractivity contribution in [1.29, 1.82) is 0 Å². The number of hydrogen-bond donors (Lipinski definition) is 2. The van der Waals surface area contributed by atoms with Crippen molar-refractivity contribution in [2.75, 3.05) is 25.0 Å². The molecule has 24 heavy (non-hydrogen) atoms. The molecule has 1 aromatic rings. The molecule has 0 saturated carbocycles. The average molecular weight is 331 g/mol. The number of benzene rings is 1. The van der Waals surface area contributed by atoms with Gasteiger partial charge < -0.3 is 15.5 Å². The molecular formula is C19H29N3O2. The first kappa shape index (κ1) is 18.5. The van der Waals surface area contributed by atoms with Crippen LogP contribution in [0.4, 0.5) is 5.69 Å². The Morgan fingerprint density at radius 2 is 1.96 bits per heavy atom. The summed E-state index contributed by atoms with van der Waals surface area (Å²) in [6.45, 7) is 6.84. The Morgan fingerprint density at radius 3 is 2.62 bits per heavy atom. The van der Waals surface area contributed by atoms with Gasteiger partial charge in [0.15, 0.2) is 0 Å². The van der Waals surface area contributed by atoms with Gasteiger partial charge in [0.2, 0.25) is 11.8 Å². The molecule has 1 aromatic carbocycles. The number of carbonyl (C=O) groups excluding carboxylic acids is 2. The van der Waals surface area contributed by atoms with E-state index in [1.807, 2.05) is 31.2 Å². The van der Waals surface area contributed by atoms with Crippen LogP contribution in [0.3, 0.4) is 0 Å². The molecule has 0 unspecified atom stereocenters. The van der Waals surface area contributed by atoms with E-state index in [0.29, 0.717) is 25.4 Å². The molecule has 5 heteroatoms. The molecule has 1 heterocycles. The minimum Gasteiger partial charge on any atom is -0.339 e. The van der Waals surface area contributed by atoms with Crippen LogP contribution in [-0.2, 0) is 16.1 Å². The van der Waals surface area contributed by atoms with Crippen LogP contribution in [0.1, 0.15) is 45.1 Å². The van der Waals surface area contributed by atoms with Crippen LogP contribution in [0.25, 0.3) is 0 Å². The van der Waals surface area contributed by atoms with Crippen LogP contribution >= 0.6 is 0 Å². The van der Waals surface area contributed by atoms with Crippen LogP contribution in [0.5, 0.6) is 0 Å². The number of anilines is 1. The predicted octanol–water partition coefficient (Wildman–Crippen LogP) is 2.77. The van der Waals surface area contributed by atoms with Crippen molar-refractivity contribution in [3.63, 3.8) is 0 Å². The Bertz CT molecular complexity index is 553. The van der Waals surface area contributed by atoms with Crippen LogP contribution in [0.2, 0.25) is 0 Å². The second-order valence-corrected chi connectivity index (χ2v) is 6.47. The molecule has 0 radical (unpaired) electrons. The number of nitrogens with zero attached hydrogens (tertiary/aromatic N) is 1. The van der Waals surface area contributed by atoms with E-state index in [0.717, 1.165) is 43.6 Å². The van der Waals surface area contributed by atoms with Gasteiger partial charge in [-0.2, -0.15) is 0 Å². The van der Waals surface area contributed by atoms with E-state index in [4.69, 9.17) is 0 Å². The van der Waals surface area contributed by atoms with Crippen molar-refractivity contribution in [3.8, 4) is 0 Å². The number of rotatable bonds is 7. The van der Waals surface area contributed by atoms with Crippen molar-refractivity contribution in [1.82, 2.24) is 10.2 Å². The first-order valence-corrected chi connectivity index (χ1v) is 8.94. The summed E-state index contributed by atoms with van der Waals surface area (Å²) in [6.07, 6.45) is 3.83. The first-order chi connectivity index (χ1) is 11.6. The Morgan fingerprint density at radius 1 is 1.25 bits per heavy atom. The van der Waals surface area contributed by atoms with Gasteiger partial charge in [0.1, 0.15) is 0 Å². The lowest BCUT2D eigenvalue weighted by atomic mass is 9.93. The van der Waals surface area contributed by atoms with E-state index >= 15 is 0 Å². The monoisotopic (exact) mass is 331 g/mol. The summed E-state index contributed by atoms with van der Waals surface area (Å²) in [6, 6.07) is 7.73. The van der Waals surface area contributed by atoms with E-state index in [1.54, 1.807) is 11.8 Å². The number of carbonyl (C=O) groups is 2. The lowest BCUT2D eigenvalue weighted by Crippen LogP contribution is -2.29. The van der Waals surface area contributed by atoms with Gasteiger partial charge >= 0.3 is 0 Å². The van der Waals surface area contributed by atoms with Gasteiger partial charge in [-0.1, -0.05) is 18.2 Å². The summed E-state index contributed by atoms with van der Waals surface area (Å²) in [4.78, 5) is 25.7. The van der Waals surface area contributed by atoms with Gasteiger partial charge in [0.25, 0.3) is 0 Å². The molecule has 2 N–H and O–H groups in total. The van der Waals surface area contributed by atoms with E-state index in [1.165, 1.54) is 0 Å². The zero-order valence-electron chi connectivity index (χ0n) is 14.8. The zero-order valence-corrected chi connectivity index (χ0v) is 14.8. The Kier molecular flexibility index (Phi) is 7.25. The van der Waals surface area contributed by atoms with Gasteiger partial charge in [-0.3, -0.25) is 9.59 Å². The summed E-state index contributed by atoms with van der Waals surface area (Å²) >= 11 is 0. The molecule has 0 atom stereocenters. The van der Waals surface area contributed by atoms with Crippen molar-refractivity contribution < 1.29 is 9.59 Å². The number of hydrogen-bond acceptors (Lipinski definition) is 3. The molecule has 132 valence electrons. The molecule has 2 amide bonds. The highest BCUT2D eigenvalue weighted by molar-refractivity contribution is 5.91. The molecule has 0 bridgehead atoms. The Labute approximate surface area is 144 Å². The molecule has 0 spiro atoms. The van der Waals surface area contributed by atoms with E-state index in [9.17, 15) is 9.59 Å². The third-order valence-corrected chi connectivity index (χ3v) is 4.72. The van der Waals surface area contributed by atoms with E-state index in [2.05, 4.69) is 10.6 Å². The largest absolute Gasteiger partial charge is 0.339 e. The number of amides is 2. The lowest BCUT2D eigenvalue weighted by molar-refractivity contribution is -0.129. The maximum atomic E-state index is 12.3. The van der Waals surface area contributed by atoms with Crippen LogP contribution in [0, 0.1) is 5.92 Å². The van der Waals surface area contributed by atoms with Gasteiger partial charge in [-0.25, -0.2) is 0 Å². The summed E-state index contributed by atoms with van der Waals surface area (Å²) in [5, 5.41) is 6.38. The van der Waals surface area contributed by atoms with Gasteiger partial charge in [0.05, 0.1) is 0 Å². The van der Waals surface area contributed by atoms with Crippen LogP contribution < -0.4 is 10.6 Å². The summed E-state index contributed by atoms with van der Waals surface area (Å²) < 4.78 is 0. The predicted molar refractivity (Wildman–Crippen MR) is 96.7 cm³/mol. The molecule has 1 saturated heterocycles. The molecule has 1 aliphatic heterocycles. The van der Waals surface area contributed by atoms with Crippen molar-refractivity contribution in [3.05, 3.63) is 29.8 Å². The van der Waals surface area contributed by atoms with Gasteiger partial charge in [-0.05, 0) is 56.8 Å². The molecule has 1 aliphatic rings. The van der Waals surface area contributed by atoms with Crippen LogP contribution in [-0.4, -0.2) is 36.3 Å². The van der Waals surface area contributed by atoms with Gasteiger partial charge in [0, 0.05) is 32.1 Å². The van der Waals surface area contributed by atoms with E-state index in [-0.39, 0.29) is 11.8 Å². The van der Waals surface area contributed by atoms with Crippen molar-refractivity contribution >= 4 is 17.5 Å². The van der Waals surface area contributed by atoms with Crippen molar-refractivity contribution in [2.24, 2.45) is 5.92 Å². The van der Waals surface area contributed by atoms with Gasteiger partial charge in [-0.15, -0.1) is 0 Å². The fraction of sp³-hybridized carbons (Fsp3) is 0.579. The quantitative estimate of drug-likeness (QED) is 0.807. The highest BCUT2D eigenvalue weighted by Gasteiger charge is 2.16. The summed E-state index contributed by atoms with van der Waals surface area (Å²) in [7, 11) is 0. The molecular weight excluding hydrogens is 302 g/mol. The van der Waals surface area contributed by atoms with Crippen molar-refractivity contribution in [2.45, 2.75) is 46.1 Å². The molecule has 0 aliphatic carbocycles. The molecule has 0 aromatic heterocycles. The number of para-hydroxylation sites is 1. The first-order valence-electron chi connectivity index (χ1n) is 8.94. The third kappa shape index (κ3) is 5.64. The SMILES string of the molecule is CCN(Cc1ccccc1NC(=O)CCC1CCNCC1)C(C)=O. The lowest BCUT2D eigenvalue weighted by Gasteiger charge is -2.23. The molecule has 5 nitrogen and oxygen atoms in total. The summed E-state index contributed by atoms with van der Waals surface area (Å²) in [5.74, 6) is 0.761. The Balaban J connectivity index is 1.91. The molecule has 2 rings (SSSR count). The highest BCUT2D eigenvalue weighted by Crippen LogP contribution is 2.20. The molecule has 1 fully saturated rings. The Hall–Kier alpha value is -1.88. The maximum absolute atomic E-state index is 12.3. The normalized spacial score (nSPS) is 15.1. The minimum absolute atomic E-state index is 0.0459. The maximum Gasteiger partial charge on any atom is 0.224 e. The number of piperidine rings is 1. The minimum atomic E-state index is 0.0459. The van der Waals surface area contributed by atoms with E-state index < -0.39 is 0 Å². The second kappa shape index (κ2) is 9.42. The third-order valence-electron chi connectivity index (χ3n) is 4.72. The topological polar surface area (TPSA) is 61.4 Å². The zero-order chi connectivity index (χ0) is 17.4. The fourth-order valence-electron chi connectivity index (χ4n) is 3.15. The standard InChI is InChI=1S/C19H29N3O2/c1-3-22(15(2)23)14-17-6-4-5-7-18(17)21-19(24)9-8-16-10-12-20-13-11-16/h4-7,16,20H,3,8-14H2,1-2H3,(H,21,24).